The second kappa shape index (κ2) is 4.54. The summed E-state index contributed by atoms with van der Waals surface area (Å²) in [6.07, 6.45) is 3.94. The van der Waals surface area contributed by atoms with Crippen molar-refractivity contribution < 1.29 is 0 Å². The van der Waals surface area contributed by atoms with Gasteiger partial charge in [0.2, 0.25) is 0 Å². The van der Waals surface area contributed by atoms with Gasteiger partial charge in [-0.25, -0.2) is 0 Å². The molecule has 0 unspecified atom stereocenters. The van der Waals surface area contributed by atoms with E-state index >= 15 is 0 Å². The number of halogens is 2. The molecule has 2 rings (SSSR count). The number of nitrogens with zero attached hydrogens (tertiary/aromatic N) is 1. The zero-order valence-corrected chi connectivity index (χ0v) is 10.3. The van der Waals surface area contributed by atoms with Crippen LogP contribution < -0.4 is 4.90 Å². The van der Waals surface area contributed by atoms with Gasteiger partial charge in [0, 0.05) is 22.6 Å². The Labute approximate surface area is 98.2 Å². The molecule has 1 heterocycles. The molecule has 1 aromatic carbocycles. The molecule has 0 bridgehead atoms. The lowest BCUT2D eigenvalue weighted by molar-refractivity contribution is 0.577. The lowest BCUT2D eigenvalue weighted by atomic mass is 10.1. The van der Waals surface area contributed by atoms with E-state index < -0.39 is 0 Å². The zero-order chi connectivity index (χ0) is 9.97. The highest BCUT2D eigenvalue weighted by Crippen LogP contribution is 2.31. The van der Waals surface area contributed by atoms with Crippen LogP contribution in [0.3, 0.4) is 0 Å². The van der Waals surface area contributed by atoms with Crippen LogP contribution in [0.15, 0.2) is 22.7 Å². The third-order valence-corrected chi connectivity index (χ3v) is 3.51. The van der Waals surface area contributed by atoms with Gasteiger partial charge in [0.1, 0.15) is 0 Å². The van der Waals surface area contributed by atoms with E-state index in [0.717, 1.165) is 22.6 Å². The zero-order valence-electron chi connectivity index (χ0n) is 7.97. The monoisotopic (exact) mass is 273 g/mol. The maximum atomic E-state index is 5.99. The van der Waals surface area contributed by atoms with Crippen molar-refractivity contribution >= 4 is 33.2 Å². The number of hydrogen-bond acceptors (Lipinski definition) is 1. The van der Waals surface area contributed by atoms with Gasteiger partial charge in [0.25, 0.3) is 0 Å². The van der Waals surface area contributed by atoms with E-state index in [1.165, 1.54) is 24.9 Å². The molecule has 0 radical (unpaired) electrons. The molecule has 0 saturated carbocycles. The first-order chi connectivity index (χ1) is 6.77. The van der Waals surface area contributed by atoms with Gasteiger partial charge in [-0.05, 0) is 53.4 Å². The van der Waals surface area contributed by atoms with Crippen molar-refractivity contribution in [3.8, 4) is 0 Å². The summed E-state index contributed by atoms with van der Waals surface area (Å²) in [5.74, 6) is 0. The second-order valence-electron chi connectivity index (χ2n) is 3.64. The molecule has 0 N–H and O–H groups in total. The quantitative estimate of drug-likeness (QED) is 0.745. The Morgan fingerprint density at radius 3 is 2.57 bits per heavy atom. The van der Waals surface area contributed by atoms with Crippen LogP contribution in [0.5, 0.6) is 0 Å². The average molecular weight is 275 g/mol. The van der Waals surface area contributed by atoms with Gasteiger partial charge in [-0.15, -0.1) is 0 Å². The van der Waals surface area contributed by atoms with Gasteiger partial charge in [-0.2, -0.15) is 0 Å². The average Bonchev–Trinajstić information content (AvgIpc) is 2.23. The molecule has 1 nitrogen and oxygen atoms in total. The molecule has 76 valence electrons. The summed E-state index contributed by atoms with van der Waals surface area (Å²) >= 11 is 9.55. The standard InChI is InChI=1S/C11H13BrClN/c12-10-5-4-9(13)8-11(10)14-6-2-1-3-7-14/h4-5,8H,1-3,6-7H2. The molecule has 1 fully saturated rings. The molecule has 3 heteroatoms. The highest BCUT2D eigenvalue weighted by atomic mass is 79.9. The molecule has 0 spiro atoms. The van der Waals surface area contributed by atoms with Crippen LogP contribution in [0.25, 0.3) is 0 Å². The van der Waals surface area contributed by atoms with Crippen molar-refractivity contribution in [2.45, 2.75) is 19.3 Å². The Hall–Kier alpha value is -0.210. The van der Waals surface area contributed by atoms with E-state index in [0.29, 0.717) is 0 Å². The van der Waals surface area contributed by atoms with E-state index in [9.17, 15) is 0 Å². The molecular weight excluding hydrogens is 261 g/mol. The van der Waals surface area contributed by atoms with Gasteiger partial charge in [0.05, 0.1) is 5.69 Å². The van der Waals surface area contributed by atoms with Crippen molar-refractivity contribution in [2.75, 3.05) is 18.0 Å². The van der Waals surface area contributed by atoms with Crippen molar-refractivity contribution in [1.29, 1.82) is 0 Å². The highest BCUT2D eigenvalue weighted by Gasteiger charge is 2.13. The summed E-state index contributed by atoms with van der Waals surface area (Å²) in [4.78, 5) is 2.40. The van der Waals surface area contributed by atoms with Crippen molar-refractivity contribution in [2.24, 2.45) is 0 Å². The highest BCUT2D eigenvalue weighted by molar-refractivity contribution is 9.10. The van der Waals surface area contributed by atoms with Crippen molar-refractivity contribution in [1.82, 2.24) is 0 Å². The molecular formula is C11H13BrClN. The van der Waals surface area contributed by atoms with Crippen LogP contribution in [-0.2, 0) is 0 Å². The largest absolute Gasteiger partial charge is 0.371 e. The number of piperidine rings is 1. The molecule has 0 aliphatic carbocycles. The third-order valence-electron chi connectivity index (χ3n) is 2.60. The maximum absolute atomic E-state index is 5.99. The smallest absolute Gasteiger partial charge is 0.0525 e. The molecule has 1 aliphatic heterocycles. The van der Waals surface area contributed by atoms with E-state index in [4.69, 9.17) is 11.6 Å². The van der Waals surface area contributed by atoms with Gasteiger partial charge in [-0.3, -0.25) is 0 Å². The summed E-state index contributed by atoms with van der Waals surface area (Å²) in [6, 6.07) is 5.97. The van der Waals surface area contributed by atoms with E-state index in [1.54, 1.807) is 0 Å². The summed E-state index contributed by atoms with van der Waals surface area (Å²) in [7, 11) is 0. The fourth-order valence-corrected chi connectivity index (χ4v) is 2.53. The summed E-state index contributed by atoms with van der Waals surface area (Å²) in [5.41, 5.74) is 1.23. The fourth-order valence-electron chi connectivity index (χ4n) is 1.86. The number of anilines is 1. The molecule has 1 aromatic rings. The first-order valence-corrected chi connectivity index (χ1v) is 6.14. The van der Waals surface area contributed by atoms with Crippen LogP contribution in [0.1, 0.15) is 19.3 Å². The van der Waals surface area contributed by atoms with Gasteiger partial charge >= 0.3 is 0 Å². The number of benzene rings is 1. The number of rotatable bonds is 1. The molecule has 0 atom stereocenters. The molecule has 14 heavy (non-hydrogen) atoms. The van der Waals surface area contributed by atoms with E-state index in [1.807, 2.05) is 18.2 Å². The Balaban J connectivity index is 2.24. The van der Waals surface area contributed by atoms with Crippen molar-refractivity contribution in [3.63, 3.8) is 0 Å². The van der Waals surface area contributed by atoms with Gasteiger partial charge in [-0.1, -0.05) is 11.6 Å². The van der Waals surface area contributed by atoms with Crippen LogP contribution in [0, 0.1) is 0 Å². The number of hydrogen-bond donors (Lipinski definition) is 0. The summed E-state index contributed by atoms with van der Waals surface area (Å²) < 4.78 is 1.14. The van der Waals surface area contributed by atoms with Gasteiger partial charge in [0.15, 0.2) is 0 Å². The predicted octanol–water partition coefficient (Wildman–Crippen LogP) is 4.09. The Morgan fingerprint density at radius 1 is 1.14 bits per heavy atom. The van der Waals surface area contributed by atoms with E-state index in [2.05, 4.69) is 20.8 Å². The lowest BCUT2D eigenvalue weighted by Crippen LogP contribution is -2.29. The van der Waals surface area contributed by atoms with Gasteiger partial charge < -0.3 is 4.90 Å². The first kappa shape index (κ1) is 10.3. The normalized spacial score (nSPS) is 17.1. The van der Waals surface area contributed by atoms with Crippen LogP contribution in [0.2, 0.25) is 5.02 Å². The minimum absolute atomic E-state index is 0.814. The Kier molecular flexibility index (Phi) is 3.34. The second-order valence-corrected chi connectivity index (χ2v) is 4.93. The molecule has 1 saturated heterocycles. The van der Waals surface area contributed by atoms with Crippen LogP contribution in [0.4, 0.5) is 5.69 Å². The minimum atomic E-state index is 0.814. The first-order valence-electron chi connectivity index (χ1n) is 4.97. The Morgan fingerprint density at radius 2 is 1.86 bits per heavy atom. The van der Waals surface area contributed by atoms with Crippen LogP contribution >= 0.6 is 27.5 Å². The minimum Gasteiger partial charge on any atom is -0.371 e. The maximum Gasteiger partial charge on any atom is 0.0525 e. The van der Waals surface area contributed by atoms with Crippen LogP contribution in [-0.4, -0.2) is 13.1 Å². The molecule has 0 amide bonds. The summed E-state index contributed by atoms with van der Waals surface area (Å²) in [5, 5.41) is 0.814. The summed E-state index contributed by atoms with van der Waals surface area (Å²) in [6.45, 7) is 2.30. The fraction of sp³-hybridized carbons (Fsp3) is 0.455. The molecule has 0 aromatic heterocycles. The molecule has 1 aliphatic rings. The Bertz CT molecular complexity index is 321. The van der Waals surface area contributed by atoms with E-state index in [-0.39, 0.29) is 0 Å². The predicted molar refractivity (Wildman–Crippen MR) is 65.2 cm³/mol. The SMILES string of the molecule is Clc1ccc(Br)c(N2CCCCC2)c1. The van der Waals surface area contributed by atoms with Crippen molar-refractivity contribution in [3.05, 3.63) is 27.7 Å². The topological polar surface area (TPSA) is 3.24 Å². The third kappa shape index (κ3) is 2.23. The lowest BCUT2D eigenvalue weighted by Gasteiger charge is -2.29.